The third kappa shape index (κ3) is 2.34. The molecule has 1 aromatic carbocycles. The number of rotatable bonds is 2. The van der Waals surface area contributed by atoms with Crippen molar-refractivity contribution in [2.75, 3.05) is 38.0 Å². The molecule has 0 aromatic heterocycles. The normalized spacial score (nSPS) is 15.1. The van der Waals surface area contributed by atoms with Crippen molar-refractivity contribution in [3.63, 3.8) is 0 Å². The molecule has 0 bridgehead atoms. The standard InChI is InChI=1S/C12H17N3O2/c1-14(2)12(16)9-4-5-11(10(13)8-9)15-6-3-7-17-15/h4-5,8H,3,6-7,13H2,1-2H3. The molecule has 0 atom stereocenters. The summed E-state index contributed by atoms with van der Waals surface area (Å²) in [6.07, 6.45) is 0.998. The van der Waals surface area contributed by atoms with E-state index in [0.29, 0.717) is 11.3 Å². The minimum Gasteiger partial charge on any atom is -0.397 e. The van der Waals surface area contributed by atoms with Crippen LogP contribution in [0.1, 0.15) is 16.8 Å². The van der Waals surface area contributed by atoms with E-state index >= 15 is 0 Å². The van der Waals surface area contributed by atoms with E-state index in [2.05, 4.69) is 0 Å². The molecule has 1 heterocycles. The molecule has 1 aliphatic rings. The second-order valence-corrected chi connectivity index (χ2v) is 4.26. The van der Waals surface area contributed by atoms with Crippen LogP contribution in [0, 0.1) is 0 Å². The number of hydrogen-bond donors (Lipinski definition) is 1. The number of benzene rings is 1. The van der Waals surface area contributed by atoms with Crippen LogP contribution >= 0.6 is 0 Å². The number of nitrogen functional groups attached to an aromatic ring is 1. The lowest BCUT2D eigenvalue weighted by molar-refractivity contribution is 0.0827. The SMILES string of the molecule is CN(C)C(=O)c1ccc(N2CCCO2)c(N)c1. The molecular weight excluding hydrogens is 218 g/mol. The van der Waals surface area contributed by atoms with E-state index in [1.54, 1.807) is 31.3 Å². The molecule has 17 heavy (non-hydrogen) atoms. The Bertz CT molecular complexity index is 426. The van der Waals surface area contributed by atoms with E-state index in [1.165, 1.54) is 4.90 Å². The van der Waals surface area contributed by atoms with Crippen LogP contribution in [-0.4, -0.2) is 38.1 Å². The number of carbonyl (C=O) groups is 1. The number of nitrogens with zero attached hydrogens (tertiary/aromatic N) is 2. The van der Waals surface area contributed by atoms with Crippen LogP contribution in [0.25, 0.3) is 0 Å². The molecule has 2 N–H and O–H groups in total. The summed E-state index contributed by atoms with van der Waals surface area (Å²) in [5.74, 6) is -0.0504. The third-order valence-electron chi connectivity index (χ3n) is 2.70. The van der Waals surface area contributed by atoms with Crippen LogP contribution in [0.2, 0.25) is 0 Å². The molecule has 0 radical (unpaired) electrons. The van der Waals surface area contributed by atoms with Crippen molar-refractivity contribution in [2.45, 2.75) is 6.42 Å². The topological polar surface area (TPSA) is 58.8 Å². The van der Waals surface area contributed by atoms with Gasteiger partial charge in [0.15, 0.2) is 0 Å². The smallest absolute Gasteiger partial charge is 0.253 e. The molecule has 92 valence electrons. The van der Waals surface area contributed by atoms with E-state index in [0.717, 1.165) is 25.3 Å². The molecule has 2 rings (SSSR count). The Hall–Kier alpha value is -1.75. The average Bonchev–Trinajstić information content (AvgIpc) is 2.81. The van der Waals surface area contributed by atoms with Crippen LogP contribution in [0.3, 0.4) is 0 Å². The average molecular weight is 235 g/mol. The molecule has 0 aliphatic carbocycles. The summed E-state index contributed by atoms with van der Waals surface area (Å²) in [6, 6.07) is 5.30. The van der Waals surface area contributed by atoms with Gasteiger partial charge in [0.05, 0.1) is 18.0 Å². The van der Waals surface area contributed by atoms with Crippen molar-refractivity contribution in [2.24, 2.45) is 0 Å². The summed E-state index contributed by atoms with van der Waals surface area (Å²) in [4.78, 5) is 18.7. The summed E-state index contributed by atoms with van der Waals surface area (Å²) in [5.41, 5.74) is 7.94. The van der Waals surface area contributed by atoms with Crippen molar-refractivity contribution < 1.29 is 9.63 Å². The number of hydrogen-bond acceptors (Lipinski definition) is 4. The Kier molecular flexibility index (Phi) is 3.19. The molecule has 5 nitrogen and oxygen atoms in total. The summed E-state index contributed by atoms with van der Waals surface area (Å²) < 4.78 is 0. The zero-order valence-electron chi connectivity index (χ0n) is 10.1. The Balaban J connectivity index is 2.25. The monoisotopic (exact) mass is 235 g/mol. The molecule has 1 fully saturated rings. The van der Waals surface area contributed by atoms with Crippen molar-refractivity contribution in [3.05, 3.63) is 23.8 Å². The van der Waals surface area contributed by atoms with E-state index in [-0.39, 0.29) is 5.91 Å². The van der Waals surface area contributed by atoms with Crippen molar-refractivity contribution in [1.82, 2.24) is 4.90 Å². The molecule has 1 saturated heterocycles. The third-order valence-corrected chi connectivity index (χ3v) is 2.70. The van der Waals surface area contributed by atoms with Gasteiger partial charge in [0, 0.05) is 26.2 Å². The Morgan fingerprint density at radius 3 is 2.76 bits per heavy atom. The molecule has 5 heteroatoms. The van der Waals surface area contributed by atoms with Crippen LogP contribution in [-0.2, 0) is 4.84 Å². The number of nitrogens with two attached hydrogens (primary N) is 1. The van der Waals surface area contributed by atoms with Gasteiger partial charge >= 0.3 is 0 Å². The van der Waals surface area contributed by atoms with E-state index < -0.39 is 0 Å². The molecule has 1 aliphatic heterocycles. The van der Waals surface area contributed by atoms with Gasteiger partial charge < -0.3 is 10.6 Å². The number of anilines is 2. The predicted molar refractivity (Wildman–Crippen MR) is 66.8 cm³/mol. The van der Waals surface area contributed by atoms with E-state index in [9.17, 15) is 4.79 Å². The molecule has 0 unspecified atom stereocenters. The quantitative estimate of drug-likeness (QED) is 0.780. The van der Waals surface area contributed by atoms with Gasteiger partial charge in [-0.05, 0) is 24.6 Å². The van der Waals surface area contributed by atoms with E-state index in [1.807, 2.05) is 6.07 Å². The Labute approximate surface area is 101 Å². The maximum absolute atomic E-state index is 11.8. The predicted octanol–water partition coefficient (Wildman–Crippen LogP) is 1.11. The Morgan fingerprint density at radius 2 is 2.24 bits per heavy atom. The number of hydroxylamine groups is 1. The maximum atomic E-state index is 11.8. The van der Waals surface area contributed by atoms with E-state index in [4.69, 9.17) is 10.6 Å². The maximum Gasteiger partial charge on any atom is 0.253 e. The molecular formula is C12H17N3O2. The van der Waals surface area contributed by atoms with Crippen molar-refractivity contribution >= 4 is 17.3 Å². The van der Waals surface area contributed by atoms with Gasteiger partial charge in [-0.2, -0.15) is 0 Å². The summed E-state index contributed by atoms with van der Waals surface area (Å²) >= 11 is 0. The zero-order chi connectivity index (χ0) is 12.4. The first-order valence-electron chi connectivity index (χ1n) is 5.61. The van der Waals surface area contributed by atoms with Gasteiger partial charge in [0.2, 0.25) is 0 Å². The van der Waals surface area contributed by atoms with Gasteiger partial charge in [-0.15, -0.1) is 0 Å². The fraction of sp³-hybridized carbons (Fsp3) is 0.417. The highest BCUT2D eigenvalue weighted by atomic mass is 16.7. The molecule has 1 amide bonds. The zero-order valence-corrected chi connectivity index (χ0v) is 10.1. The molecule has 1 aromatic rings. The van der Waals surface area contributed by atoms with Crippen LogP contribution in [0.4, 0.5) is 11.4 Å². The summed E-state index contributed by atoms with van der Waals surface area (Å²) in [7, 11) is 3.44. The van der Waals surface area contributed by atoms with Crippen LogP contribution in [0.5, 0.6) is 0 Å². The molecule has 0 spiro atoms. The highest BCUT2D eigenvalue weighted by molar-refractivity contribution is 5.95. The van der Waals surface area contributed by atoms with Crippen molar-refractivity contribution in [3.8, 4) is 0 Å². The number of amides is 1. The van der Waals surface area contributed by atoms with Gasteiger partial charge in [-0.25, -0.2) is 0 Å². The first-order chi connectivity index (χ1) is 8.09. The minimum absolute atomic E-state index is 0.0504. The van der Waals surface area contributed by atoms with Gasteiger partial charge in [0.1, 0.15) is 0 Å². The lowest BCUT2D eigenvalue weighted by atomic mass is 10.1. The fourth-order valence-electron chi connectivity index (χ4n) is 1.81. The highest BCUT2D eigenvalue weighted by Gasteiger charge is 2.17. The van der Waals surface area contributed by atoms with Gasteiger partial charge in [0.25, 0.3) is 5.91 Å². The van der Waals surface area contributed by atoms with Gasteiger partial charge in [-0.3, -0.25) is 14.7 Å². The first kappa shape index (κ1) is 11.7. The lowest BCUT2D eigenvalue weighted by Gasteiger charge is -2.19. The lowest BCUT2D eigenvalue weighted by Crippen LogP contribution is -2.22. The summed E-state index contributed by atoms with van der Waals surface area (Å²) in [5, 5.41) is 1.78. The fourth-order valence-corrected chi connectivity index (χ4v) is 1.81. The van der Waals surface area contributed by atoms with Crippen LogP contribution < -0.4 is 10.8 Å². The molecule has 0 saturated carbocycles. The summed E-state index contributed by atoms with van der Waals surface area (Å²) in [6.45, 7) is 1.56. The minimum atomic E-state index is -0.0504. The second-order valence-electron chi connectivity index (χ2n) is 4.26. The first-order valence-corrected chi connectivity index (χ1v) is 5.61. The Morgan fingerprint density at radius 1 is 1.47 bits per heavy atom. The van der Waals surface area contributed by atoms with Gasteiger partial charge in [-0.1, -0.05) is 0 Å². The highest BCUT2D eigenvalue weighted by Crippen LogP contribution is 2.27. The van der Waals surface area contributed by atoms with Crippen LogP contribution in [0.15, 0.2) is 18.2 Å². The second kappa shape index (κ2) is 4.63. The van der Waals surface area contributed by atoms with Crippen molar-refractivity contribution in [1.29, 1.82) is 0 Å². The largest absolute Gasteiger partial charge is 0.397 e. The number of carbonyl (C=O) groups excluding carboxylic acids is 1.